The van der Waals surface area contributed by atoms with Gasteiger partial charge in [-0.3, -0.25) is 0 Å². The number of alkyl halides is 1. The molecule has 0 N–H and O–H groups in total. The number of hydrogen-bond acceptors (Lipinski definition) is 0. The molecule has 0 nitrogen and oxygen atoms in total. The maximum absolute atomic E-state index is 2.57. The van der Waals surface area contributed by atoms with Crippen molar-refractivity contribution in [3.8, 4) is 0 Å². The maximum Gasteiger partial charge on any atom is 0.0110 e. The van der Waals surface area contributed by atoms with Crippen molar-refractivity contribution in [2.45, 2.75) is 36.5 Å². The van der Waals surface area contributed by atoms with Crippen molar-refractivity contribution < 1.29 is 0 Å². The van der Waals surface area contributed by atoms with Crippen LogP contribution in [0.4, 0.5) is 0 Å². The molecule has 0 radical (unpaired) electrons. The summed E-state index contributed by atoms with van der Waals surface area (Å²) in [7, 11) is 0. The Hall–Kier alpha value is 0.730. The van der Waals surface area contributed by atoms with E-state index in [2.05, 4.69) is 29.5 Å². The van der Waals surface area contributed by atoms with Gasteiger partial charge in [0.05, 0.1) is 0 Å². The van der Waals surface area contributed by atoms with Gasteiger partial charge in [0.1, 0.15) is 0 Å². The predicted octanol–water partition coefficient (Wildman–Crippen LogP) is 3.00. The number of halogens is 1. The standard InChI is InChI=1S/C7H13I/c1-6-2-4-7(8)5-3-6/h6-7H,2-5H2,1H3/t6-,7-. The summed E-state index contributed by atoms with van der Waals surface area (Å²) in [5, 5.41) is 0. The summed E-state index contributed by atoms with van der Waals surface area (Å²) in [6, 6.07) is 0. The van der Waals surface area contributed by atoms with Crippen molar-refractivity contribution in [1.29, 1.82) is 0 Å². The lowest BCUT2D eigenvalue weighted by molar-refractivity contribution is 0.400. The molecule has 0 amide bonds. The maximum atomic E-state index is 2.57. The molecule has 1 heteroatoms. The van der Waals surface area contributed by atoms with E-state index in [-0.39, 0.29) is 0 Å². The van der Waals surface area contributed by atoms with E-state index in [1.54, 1.807) is 0 Å². The van der Waals surface area contributed by atoms with Crippen molar-refractivity contribution in [1.82, 2.24) is 0 Å². The van der Waals surface area contributed by atoms with Crippen LogP contribution in [-0.2, 0) is 0 Å². The van der Waals surface area contributed by atoms with Crippen LogP contribution in [0.25, 0.3) is 0 Å². The monoisotopic (exact) mass is 224 g/mol. The Morgan fingerprint density at radius 1 is 1.12 bits per heavy atom. The van der Waals surface area contributed by atoms with Crippen molar-refractivity contribution >= 4 is 22.6 Å². The van der Waals surface area contributed by atoms with Gasteiger partial charge < -0.3 is 0 Å². The van der Waals surface area contributed by atoms with Gasteiger partial charge in [0.25, 0.3) is 0 Å². The van der Waals surface area contributed by atoms with Gasteiger partial charge in [-0.2, -0.15) is 0 Å². The third-order valence-corrected chi connectivity index (χ3v) is 3.19. The zero-order valence-electron chi connectivity index (χ0n) is 5.36. The molecule has 0 atom stereocenters. The molecule has 0 aromatic carbocycles. The normalized spacial score (nSPS) is 39.8. The molecule has 0 bridgehead atoms. The zero-order valence-corrected chi connectivity index (χ0v) is 7.52. The van der Waals surface area contributed by atoms with Crippen LogP contribution in [0.3, 0.4) is 0 Å². The van der Waals surface area contributed by atoms with Crippen LogP contribution in [0.5, 0.6) is 0 Å². The van der Waals surface area contributed by atoms with Crippen LogP contribution in [0, 0.1) is 5.92 Å². The Balaban J connectivity index is 2.19. The van der Waals surface area contributed by atoms with E-state index >= 15 is 0 Å². The minimum absolute atomic E-state index is 0.990. The van der Waals surface area contributed by atoms with Crippen LogP contribution in [0.2, 0.25) is 0 Å². The largest absolute Gasteiger partial charge is 0.0826 e. The first-order valence-electron chi connectivity index (χ1n) is 3.43. The van der Waals surface area contributed by atoms with E-state index in [0.717, 1.165) is 9.84 Å². The van der Waals surface area contributed by atoms with Crippen molar-refractivity contribution in [2.24, 2.45) is 5.92 Å². The highest BCUT2D eigenvalue weighted by molar-refractivity contribution is 14.1. The minimum atomic E-state index is 0.990. The Morgan fingerprint density at radius 3 is 2.00 bits per heavy atom. The molecular formula is C7H13I. The van der Waals surface area contributed by atoms with Crippen LogP contribution < -0.4 is 0 Å². The van der Waals surface area contributed by atoms with Gasteiger partial charge in [-0.1, -0.05) is 29.5 Å². The quantitative estimate of drug-likeness (QED) is 0.438. The van der Waals surface area contributed by atoms with Crippen molar-refractivity contribution in [3.05, 3.63) is 0 Å². The highest BCUT2D eigenvalue weighted by Gasteiger charge is 2.14. The second-order valence-electron chi connectivity index (χ2n) is 2.86. The van der Waals surface area contributed by atoms with E-state index in [0.29, 0.717) is 0 Å². The molecule has 0 aromatic rings. The van der Waals surface area contributed by atoms with Gasteiger partial charge >= 0.3 is 0 Å². The van der Waals surface area contributed by atoms with Gasteiger partial charge in [0, 0.05) is 3.92 Å². The van der Waals surface area contributed by atoms with Gasteiger partial charge in [0.2, 0.25) is 0 Å². The third-order valence-electron chi connectivity index (χ3n) is 1.95. The molecule has 48 valence electrons. The predicted molar refractivity (Wildman–Crippen MR) is 45.4 cm³/mol. The molecule has 0 aliphatic heterocycles. The smallest absolute Gasteiger partial charge is 0.0110 e. The van der Waals surface area contributed by atoms with E-state index in [9.17, 15) is 0 Å². The average molecular weight is 224 g/mol. The molecular weight excluding hydrogens is 211 g/mol. The Labute approximate surface area is 65.2 Å². The highest BCUT2D eigenvalue weighted by atomic mass is 127. The lowest BCUT2D eigenvalue weighted by Crippen LogP contribution is -2.10. The highest BCUT2D eigenvalue weighted by Crippen LogP contribution is 2.27. The topological polar surface area (TPSA) is 0 Å². The van der Waals surface area contributed by atoms with Crippen LogP contribution in [0.1, 0.15) is 32.6 Å². The van der Waals surface area contributed by atoms with E-state index < -0.39 is 0 Å². The fraction of sp³-hybridized carbons (Fsp3) is 1.00. The first kappa shape index (κ1) is 6.84. The van der Waals surface area contributed by atoms with E-state index in [1.165, 1.54) is 25.7 Å². The lowest BCUT2D eigenvalue weighted by atomic mass is 9.91. The molecule has 8 heavy (non-hydrogen) atoms. The van der Waals surface area contributed by atoms with E-state index in [4.69, 9.17) is 0 Å². The Morgan fingerprint density at radius 2 is 1.62 bits per heavy atom. The summed E-state index contributed by atoms with van der Waals surface area (Å²) in [6.07, 6.45) is 5.85. The van der Waals surface area contributed by atoms with Crippen LogP contribution in [-0.4, -0.2) is 3.92 Å². The van der Waals surface area contributed by atoms with Crippen molar-refractivity contribution in [2.75, 3.05) is 0 Å². The molecule has 1 rings (SSSR count). The molecule has 1 aliphatic carbocycles. The molecule has 0 unspecified atom stereocenters. The second kappa shape index (κ2) is 3.04. The van der Waals surface area contributed by atoms with Gasteiger partial charge in [0.15, 0.2) is 0 Å². The molecule has 1 fully saturated rings. The zero-order chi connectivity index (χ0) is 5.98. The molecule has 0 heterocycles. The summed E-state index contributed by atoms with van der Waals surface area (Å²) < 4.78 is 0.990. The summed E-state index contributed by atoms with van der Waals surface area (Å²) in [6.45, 7) is 2.36. The first-order chi connectivity index (χ1) is 3.79. The Bertz CT molecular complexity index is 52.8. The van der Waals surface area contributed by atoms with Crippen molar-refractivity contribution in [3.63, 3.8) is 0 Å². The number of rotatable bonds is 0. The summed E-state index contributed by atoms with van der Waals surface area (Å²) in [4.78, 5) is 0. The fourth-order valence-corrected chi connectivity index (χ4v) is 1.94. The second-order valence-corrected chi connectivity index (χ2v) is 4.62. The molecule has 1 saturated carbocycles. The minimum Gasteiger partial charge on any atom is -0.0826 e. The average Bonchev–Trinajstić information content (AvgIpc) is 1.77. The summed E-state index contributed by atoms with van der Waals surface area (Å²) in [5.41, 5.74) is 0. The Kier molecular flexibility index (Phi) is 2.60. The SMILES string of the molecule is C[C@H]1CC[C@H](I)CC1. The molecule has 0 spiro atoms. The van der Waals surface area contributed by atoms with Crippen LogP contribution in [0.15, 0.2) is 0 Å². The summed E-state index contributed by atoms with van der Waals surface area (Å²) >= 11 is 2.57. The molecule has 1 aliphatic rings. The molecule has 0 saturated heterocycles. The third kappa shape index (κ3) is 1.92. The van der Waals surface area contributed by atoms with Gasteiger partial charge in [-0.15, -0.1) is 0 Å². The van der Waals surface area contributed by atoms with Gasteiger partial charge in [-0.05, 0) is 31.6 Å². The summed E-state index contributed by atoms with van der Waals surface area (Å²) in [5.74, 6) is 1.01. The van der Waals surface area contributed by atoms with E-state index in [1.807, 2.05) is 0 Å². The fourth-order valence-electron chi connectivity index (χ4n) is 1.22. The van der Waals surface area contributed by atoms with Crippen LogP contribution >= 0.6 is 22.6 Å². The molecule has 0 aromatic heterocycles. The number of hydrogen-bond donors (Lipinski definition) is 0. The first-order valence-corrected chi connectivity index (χ1v) is 4.67. The lowest BCUT2D eigenvalue weighted by Gasteiger charge is -2.21. The van der Waals surface area contributed by atoms with Gasteiger partial charge in [-0.25, -0.2) is 0 Å².